The number of carbonyl (C=O) groups is 3. The van der Waals surface area contributed by atoms with Gasteiger partial charge in [-0.25, -0.2) is 0 Å². The quantitative estimate of drug-likeness (QED) is 0.125. The molecule has 0 unspecified atom stereocenters. The molecule has 0 radical (unpaired) electrons. The SMILES string of the molecule is Cc1cc(C)c(C(=O)P(=O)(CCC(=O)OCCCCCCCC(C)C)C(=O)c2c(C)cc(C)cc2C)c(C)c1. The van der Waals surface area contributed by atoms with Crippen molar-refractivity contribution in [2.75, 3.05) is 12.8 Å². The van der Waals surface area contributed by atoms with Crippen molar-refractivity contribution in [1.82, 2.24) is 0 Å². The van der Waals surface area contributed by atoms with Crippen LogP contribution in [0.3, 0.4) is 0 Å². The summed E-state index contributed by atoms with van der Waals surface area (Å²) in [6.07, 6.45) is 5.91. The predicted molar refractivity (Wildman–Crippen MR) is 161 cm³/mol. The number of hydrogen-bond donors (Lipinski definition) is 0. The molecule has 0 heterocycles. The minimum Gasteiger partial charge on any atom is -0.466 e. The molecule has 2 rings (SSSR count). The van der Waals surface area contributed by atoms with Crippen LogP contribution in [0.5, 0.6) is 0 Å². The van der Waals surface area contributed by atoms with Crippen LogP contribution in [-0.4, -0.2) is 29.8 Å². The highest BCUT2D eigenvalue weighted by molar-refractivity contribution is 7.95. The predicted octanol–water partition coefficient (Wildman–Crippen LogP) is 8.81. The Balaban J connectivity index is 2.20. The highest BCUT2D eigenvalue weighted by atomic mass is 31.2. The molecule has 0 aliphatic heterocycles. The van der Waals surface area contributed by atoms with Crippen molar-refractivity contribution in [3.63, 3.8) is 0 Å². The molecule has 0 spiro atoms. The standard InChI is InChI=1S/C33H47O5P/c1-22(2)14-12-10-9-11-13-16-38-29(34)15-17-39(37,32(35)30-25(5)18-23(3)19-26(30)6)33(36)31-27(7)20-24(4)21-28(31)8/h18-22H,9-17H2,1-8H3. The fourth-order valence-corrected chi connectivity index (χ4v) is 7.90. The molecule has 5 nitrogen and oxygen atoms in total. The van der Waals surface area contributed by atoms with Crippen molar-refractivity contribution < 1.29 is 23.7 Å². The summed E-state index contributed by atoms with van der Waals surface area (Å²) >= 11 is 0. The highest BCUT2D eigenvalue weighted by Gasteiger charge is 2.43. The summed E-state index contributed by atoms with van der Waals surface area (Å²) in [7, 11) is -4.18. The summed E-state index contributed by atoms with van der Waals surface area (Å²) in [6, 6.07) is 7.42. The van der Waals surface area contributed by atoms with Crippen LogP contribution in [0.15, 0.2) is 24.3 Å². The molecule has 0 amide bonds. The van der Waals surface area contributed by atoms with Crippen molar-refractivity contribution in [1.29, 1.82) is 0 Å². The zero-order valence-corrected chi connectivity index (χ0v) is 26.1. The lowest BCUT2D eigenvalue weighted by atomic mass is 10.0. The van der Waals surface area contributed by atoms with E-state index in [1.54, 1.807) is 27.7 Å². The van der Waals surface area contributed by atoms with Gasteiger partial charge in [0, 0.05) is 17.3 Å². The van der Waals surface area contributed by atoms with Crippen LogP contribution in [0.2, 0.25) is 0 Å². The van der Waals surface area contributed by atoms with E-state index in [4.69, 9.17) is 4.74 Å². The highest BCUT2D eigenvalue weighted by Crippen LogP contribution is 2.54. The Hall–Kier alpha value is -2.52. The van der Waals surface area contributed by atoms with Gasteiger partial charge in [0.15, 0.2) is 0 Å². The van der Waals surface area contributed by atoms with Crippen LogP contribution < -0.4 is 0 Å². The Morgan fingerprint density at radius 3 is 1.54 bits per heavy atom. The number of ether oxygens (including phenoxy) is 1. The summed E-state index contributed by atoms with van der Waals surface area (Å²) in [5, 5.41) is 0. The molecule has 6 heteroatoms. The second-order valence-corrected chi connectivity index (χ2v) is 14.3. The number of unbranched alkanes of at least 4 members (excludes halogenated alkanes) is 4. The average molecular weight is 555 g/mol. The van der Waals surface area contributed by atoms with Gasteiger partial charge in [-0.3, -0.25) is 14.4 Å². The lowest BCUT2D eigenvalue weighted by Gasteiger charge is -2.21. The van der Waals surface area contributed by atoms with Crippen LogP contribution >= 0.6 is 7.14 Å². The van der Waals surface area contributed by atoms with E-state index in [-0.39, 0.29) is 12.6 Å². The minimum absolute atomic E-state index is 0.239. The van der Waals surface area contributed by atoms with Gasteiger partial charge in [0.2, 0.25) is 18.2 Å². The fourth-order valence-electron chi connectivity index (χ4n) is 5.38. The van der Waals surface area contributed by atoms with E-state index in [0.717, 1.165) is 36.3 Å². The number of aryl methyl sites for hydroxylation is 6. The topological polar surface area (TPSA) is 77.5 Å². The van der Waals surface area contributed by atoms with E-state index in [9.17, 15) is 18.9 Å². The third-order valence-electron chi connectivity index (χ3n) is 7.26. The monoisotopic (exact) mass is 554 g/mol. The normalized spacial score (nSPS) is 11.6. The van der Waals surface area contributed by atoms with Gasteiger partial charge in [0.05, 0.1) is 13.0 Å². The van der Waals surface area contributed by atoms with Gasteiger partial charge in [-0.2, -0.15) is 0 Å². The Morgan fingerprint density at radius 2 is 1.10 bits per heavy atom. The second-order valence-electron chi connectivity index (χ2n) is 11.5. The lowest BCUT2D eigenvalue weighted by Crippen LogP contribution is -2.19. The summed E-state index contributed by atoms with van der Waals surface area (Å²) in [5.74, 6) is 0.198. The number of rotatable bonds is 15. The summed E-state index contributed by atoms with van der Waals surface area (Å²) < 4.78 is 19.9. The molecule has 0 aliphatic carbocycles. The zero-order valence-electron chi connectivity index (χ0n) is 25.2. The van der Waals surface area contributed by atoms with E-state index in [1.165, 1.54) is 19.3 Å². The van der Waals surface area contributed by atoms with Gasteiger partial charge in [0.25, 0.3) is 0 Å². The van der Waals surface area contributed by atoms with Crippen LogP contribution in [-0.2, 0) is 14.1 Å². The van der Waals surface area contributed by atoms with Gasteiger partial charge in [0.1, 0.15) is 0 Å². The molecular formula is C33H47O5P. The third kappa shape index (κ3) is 9.00. The number of carbonyl (C=O) groups excluding carboxylic acids is 3. The first-order valence-electron chi connectivity index (χ1n) is 14.3. The molecule has 214 valence electrons. The molecular weight excluding hydrogens is 507 g/mol. The van der Waals surface area contributed by atoms with Gasteiger partial charge in [-0.15, -0.1) is 0 Å². The van der Waals surface area contributed by atoms with E-state index in [2.05, 4.69) is 13.8 Å². The molecule has 0 aliphatic rings. The maximum atomic E-state index is 14.5. The third-order valence-corrected chi connectivity index (χ3v) is 9.87. The molecule has 0 saturated carbocycles. The minimum atomic E-state index is -4.18. The summed E-state index contributed by atoms with van der Waals surface area (Å²) in [5.41, 5.74) is 3.96. The van der Waals surface area contributed by atoms with Crippen molar-refractivity contribution in [3.05, 3.63) is 68.8 Å². The Bertz CT molecular complexity index is 1120. The molecule has 0 N–H and O–H groups in total. The van der Waals surface area contributed by atoms with Gasteiger partial charge >= 0.3 is 5.97 Å². The van der Waals surface area contributed by atoms with Crippen LogP contribution in [0.1, 0.15) is 113 Å². The molecule has 0 bridgehead atoms. The van der Waals surface area contributed by atoms with Gasteiger partial charge < -0.3 is 9.30 Å². The summed E-state index contributed by atoms with van der Waals surface area (Å²) in [6.45, 7) is 15.8. The smallest absolute Gasteiger partial charge is 0.306 e. The second kappa shape index (κ2) is 14.7. The zero-order chi connectivity index (χ0) is 29.3. The molecule has 0 aromatic heterocycles. The molecule has 0 saturated heterocycles. The van der Waals surface area contributed by atoms with Crippen LogP contribution in [0.25, 0.3) is 0 Å². The van der Waals surface area contributed by atoms with Crippen molar-refractivity contribution in [2.24, 2.45) is 5.92 Å². The van der Waals surface area contributed by atoms with E-state index >= 15 is 0 Å². The largest absolute Gasteiger partial charge is 0.466 e. The lowest BCUT2D eigenvalue weighted by molar-refractivity contribution is -0.143. The van der Waals surface area contributed by atoms with Crippen molar-refractivity contribution in [2.45, 2.75) is 100 Å². The molecule has 0 fully saturated rings. The number of hydrogen-bond acceptors (Lipinski definition) is 5. The maximum Gasteiger partial charge on any atom is 0.306 e. The van der Waals surface area contributed by atoms with E-state index in [1.807, 2.05) is 38.1 Å². The summed E-state index contributed by atoms with van der Waals surface area (Å²) in [4.78, 5) is 40.5. The van der Waals surface area contributed by atoms with Crippen LogP contribution in [0.4, 0.5) is 0 Å². The van der Waals surface area contributed by atoms with Crippen molar-refractivity contribution >= 4 is 24.2 Å². The number of esters is 1. The number of benzene rings is 2. The molecule has 0 atom stereocenters. The van der Waals surface area contributed by atoms with E-state index < -0.39 is 24.2 Å². The Labute approximate surface area is 235 Å². The Kier molecular flexibility index (Phi) is 12.4. The fraction of sp³-hybridized carbons (Fsp3) is 0.545. The van der Waals surface area contributed by atoms with Crippen molar-refractivity contribution in [3.8, 4) is 0 Å². The molecule has 39 heavy (non-hydrogen) atoms. The first-order valence-corrected chi connectivity index (χ1v) is 16.2. The first-order chi connectivity index (χ1) is 18.3. The maximum absolute atomic E-state index is 14.5. The van der Waals surface area contributed by atoms with Gasteiger partial charge in [-0.05, 0) is 76.1 Å². The average Bonchev–Trinajstić information content (AvgIpc) is 2.82. The Morgan fingerprint density at radius 1 is 0.692 bits per heavy atom. The van der Waals surface area contributed by atoms with E-state index in [0.29, 0.717) is 40.0 Å². The van der Waals surface area contributed by atoms with Gasteiger partial charge in [-0.1, -0.05) is 81.3 Å². The first kappa shape index (κ1) is 32.7. The molecule has 2 aromatic rings. The molecule has 2 aromatic carbocycles. The van der Waals surface area contributed by atoms with Crippen LogP contribution in [0, 0.1) is 47.5 Å².